The number of carbonyl (C=O) groups is 1. The predicted molar refractivity (Wildman–Crippen MR) is 46.4 cm³/mol. The van der Waals surface area contributed by atoms with Crippen LogP contribution in [0.5, 0.6) is 0 Å². The van der Waals surface area contributed by atoms with Gasteiger partial charge < -0.3 is 0 Å². The topological polar surface area (TPSA) is 17.1 Å². The molecule has 0 heterocycles. The Morgan fingerprint density at radius 1 is 1.36 bits per heavy atom. The largest absolute Gasteiger partial charge is 0.299 e. The van der Waals surface area contributed by atoms with Crippen molar-refractivity contribution in [2.45, 2.75) is 40.0 Å². The van der Waals surface area contributed by atoms with Gasteiger partial charge in [-0.25, -0.2) is 0 Å². The quantitative estimate of drug-likeness (QED) is 0.608. The van der Waals surface area contributed by atoms with E-state index in [0.29, 0.717) is 17.6 Å². The third-order valence-corrected chi connectivity index (χ3v) is 2.45. The van der Waals surface area contributed by atoms with Crippen LogP contribution in [0.4, 0.5) is 0 Å². The van der Waals surface area contributed by atoms with Crippen LogP contribution in [0.3, 0.4) is 0 Å². The fourth-order valence-electron chi connectivity index (χ4n) is 1.45. The van der Waals surface area contributed by atoms with Crippen LogP contribution in [0.2, 0.25) is 0 Å². The van der Waals surface area contributed by atoms with Crippen molar-refractivity contribution in [1.82, 2.24) is 0 Å². The summed E-state index contributed by atoms with van der Waals surface area (Å²) in [5.41, 5.74) is 0. The van der Waals surface area contributed by atoms with E-state index in [4.69, 9.17) is 0 Å². The van der Waals surface area contributed by atoms with Gasteiger partial charge in [0.25, 0.3) is 0 Å². The molecule has 0 aromatic heterocycles. The summed E-state index contributed by atoms with van der Waals surface area (Å²) in [5, 5.41) is 0. The van der Waals surface area contributed by atoms with Crippen molar-refractivity contribution in [1.29, 1.82) is 0 Å². The number of carbonyl (C=O) groups excluding carboxylic acids is 1. The molecular weight excluding hydrogens is 136 g/mol. The normalized spacial score (nSPS) is 20.4. The first-order valence-corrected chi connectivity index (χ1v) is 4.64. The molecule has 0 aromatic carbocycles. The number of hydrogen-bond donors (Lipinski definition) is 0. The van der Waals surface area contributed by atoms with Crippen LogP contribution >= 0.6 is 0 Å². The first kappa shape index (κ1) is 8.76. The molecule has 11 heavy (non-hydrogen) atoms. The molecule has 0 aromatic rings. The molecule has 1 heteroatoms. The van der Waals surface area contributed by atoms with Gasteiger partial charge in [0.15, 0.2) is 0 Å². The summed E-state index contributed by atoms with van der Waals surface area (Å²) in [7, 11) is 0. The van der Waals surface area contributed by atoms with Gasteiger partial charge in [-0.15, -0.1) is 0 Å². The molecule has 0 radical (unpaired) electrons. The molecule has 1 nitrogen and oxygen atoms in total. The van der Waals surface area contributed by atoms with Crippen LogP contribution in [0.1, 0.15) is 40.0 Å². The maximum atomic E-state index is 11.4. The van der Waals surface area contributed by atoms with E-state index in [1.54, 1.807) is 0 Å². The van der Waals surface area contributed by atoms with E-state index in [-0.39, 0.29) is 0 Å². The second-order valence-electron chi connectivity index (χ2n) is 4.19. The van der Waals surface area contributed by atoms with Gasteiger partial charge in [0, 0.05) is 12.3 Å². The summed E-state index contributed by atoms with van der Waals surface area (Å²) in [6, 6.07) is 0. The molecule has 64 valence electrons. The second kappa shape index (κ2) is 3.38. The first-order valence-electron chi connectivity index (χ1n) is 4.64. The minimum Gasteiger partial charge on any atom is -0.299 e. The molecule has 0 bridgehead atoms. The Kier molecular flexibility index (Phi) is 2.69. The molecule has 1 aliphatic rings. The Balaban J connectivity index is 2.27. The summed E-state index contributed by atoms with van der Waals surface area (Å²) >= 11 is 0. The van der Waals surface area contributed by atoms with Crippen molar-refractivity contribution in [2.75, 3.05) is 0 Å². The van der Waals surface area contributed by atoms with Crippen molar-refractivity contribution < 1.29 is 4.79 Å². The summed E-state index contributed by atoms with van der Waals surface area (Å²) < 4.78 is 0. The number of hydrogen-bond acceptors (Lipinski definition) is 1. The van der Waals surface area contributed by atoms with Gasteiger partial charge >= 0.3 is 0 Å². The van der Waals surface area contributed by atoms with Crippen molar-refractivity contribution in [3.05, 3.63) is 0 Å². The van der Waals surface area contributed by atoms with Crippen molar-refractivity contribution in [2.24, 2.45) is 17.8 Å². The molecule has 1 unspecified atom stereocenters. The number of rotatable bonds is 4. The van der Waals surface area contributed by atoms with Gasteiger partial charge in [0.05, 0.1) is 0 Å². The predicted octanol–water partition coefficient (Wildman–Crippen LogP) is 2.65. The van der Waals surface area contributed by atoms with Gasteiger partial charge in [-0.05, 0) is 24.7 Å². The second-order valence-corrected chi connectivity index (χ2v) is 4.19. The molecule has 1 aliphatic carbocycles. The third kappa shape index (κ3) is 2.64. The average Bonchev–Trinajstić information content (AvgIpc) is 2.65. The van der Waals surface area contributed by atoms with E-state index in [9.17, 15) is 4.79 Å². The minimum atomic E-state index is 0.345. The third-order valence-electron chi connectivity index (χ3n) is 2.45. The zero-order chi connectivity index (χ0) is 8.43. The highest BCUT2D eigenvalue weighted by atomic mass is 16.1. The van der Waals surface area contributed by atoms with Gasteiger partial charge in [0.1, 0.15) is 5.78 Å². The molecule has 1 rings (SSSR count). The Hall–Kier alpha value is -0.330. The Bertz CT molecular complexity index is 145. The van der Waals surface area contributed by atoms with Crippen molar-refractivity contribution in [3.8, 4) is 0 Å². The maximum Gasteiger partial charge on any atom is 0.136 e. The lowest BCUT2D eigenvalue weighted by molar-refractivity contribution is -0.123. The standard InChI is InChI=1S/C10H18O/c1-7(2)6-10(11)8(3)9-4-5-9/h7-9H,4-6H2,1-3H3. The highest BCUT2D eigenvalue weighted by Crippen LogP contribution is 2.37. The van der Waals surface area contributed by atoms with E-state index in [1.807, 2.05) is 0 Å². The smallest absolute Gasteiger partial charge is 0.136 e. The van der Waals surface area contributed by atoms with Crippen LogP contribution in [0.15, 0.2) is 0 Å². The monoisotopic (exact) mass is 154 g/mol. The van der Waals surface area contributed by atoms with Gasteiger partial charge in [-0.3, -0.25) is 4.79 Å². The zero-order valence-corrected chi connectivity index (χ0v) is 7.76. The molecule has 0 amide bonds. The molecular formula is C10H18O. The Morgan fingerprint density at radius 2 is 1.91 bits per heavy atom. The molecule has 1 saturated carbocycles. The molecule has 1 atom stereocenters. The molecule has 0 saturated heterocycles. The van der Waals surface area contributed by atoms with Gasteiger partial charge in [0.2, 0.25) is 0 Å². The van der Waals surface area contributed by atoms with E-state index in [2.05, 4.69) is 20.8 Å². The first-order chi connectivity index (χ1) is 5.11. The summed E-state index contributed by atoms with van der Waals surface area (Å²) in [6.45, 7) is 6.30. The van der Waals surface area contributed by atoms with Crippen molar-refractivity contribution >= 4 is 5.78 Å². The van der Waals surface area contributed by atoms with Crippen LogP contribution in [-0.2, 0) is 4.79 Å². The van der Waals surface area contributed by atoms with E-state index < -0.39 is 0 Å². The van der Waals surface area contributed by atoms with E-state index in [1.165, 1.54) is 12.8 Å². The SMILES string of the molecule is CC(C)CC(=O)C(C)C1CC1. The minimum absolute atomic E-state index is 0.345. The average molecular weight is 154 g/mol. The zero-order valence-electron chi connectivity index (χ0n) is 7.76. The number of ketones is 1. The molecule has 0 aliphatic heterocycles. The summed E-state index contributed by atoms with van der Waals surface area (Å²) in [5.74, 6) is 2.09. The fraction of sp³-hybridized carbons (Fsp3) is 0.900. The van der Waals surface area contributed by atoms with Gasteiger partial charge in [-0.2, -0.15) is 0 Å². The van der Waals surface area contributed by atoms with E-state index >= 15 is 0 Å². The van der Waals surface area contributed by atoms with Crippen molar-refractivity contribution in [3.63, 3.8) is 0 Å². The van der Waals surface area contributed by atoms with Crippen LogP contribution in [0, 0.1) is 17.8 Å². The lowest BCUT2D eigenvalue weighted by atomic mass is 9.94. The number of Topliss-reactive ketones (excluding diaryl/α,β-unsaturated/α-hetero) is 1. The highest BCUT2D eigenvalue weighted by Gasteiger charge is 2.32. The highest BCUT2D eigenvalue weighted by molar-refractivity contribution is 5.81. The Labute approximate surface area is 69.2 Å². The summed E-state index contributed by atoms with van der Waals surface area (Å²) in [6.07, 6.45) is 3.34. The Morgan fingerprint density at radius 3 is 2.27 bits per heavy atom. The fourth-order valence-corrected chi connectivity index (χ4v) is 1.45. The maximum absolute atomic E-state index is 11.4. The van der Waals surface area contributed by atoms with Gasteiger partial charge in [-0.1, -0.05) is 20.8 Å². The van der Waals surface area contributed by atoms with Crippen LogP contribution < -0.4 is 0 Å². The molecule has 1 fully saturated rings. The summed E-state index contributed by atoms with van der Waals surface area (Å²) in [4.78, 5) is 11.4. The lowest BCUT2D eigenvalue weighted by Crippen LogP contribution is -2.14. The molecule has 0 spiro atoms. The van der Waals surface area contributed by atoms with E-state index in [0.717, 1.165) is 12.3 Å². The van der Waals surface area contributed by atoms with Crippen LogP contribution in [-0.4, -0.2) is 5.78 Å². The van der Waals surface area contributed by atoms with Crippen LogP contribution in [0.25, 0.3) is 0 Å². The lowest BCUT2D eigenvalue weighted by Gasteiger charge is -2.09. The molecule has 0 N–H and O–H groups in total.